The molecule has 2 heteroatoms. The first-order valence-electron chi connectivity index (χ1n) is 0.675. The number of nitrogens with zero attached hydrogens (tertiary/aromatic N) is 1. The van der Waals surface area contributed by atoms with E-state index in [-0.39, 0.29) is 0 Å². The molecule has 0 aromatic rings. The molecule has 0 saturated carbocycles. The van der Waals surface area contributed by atoms with Gasteiger partial charge in [-0.05, 0) is 0 Å². The first-order chi connectivity index (χ1) is 1.91. The van der Waals surface area contributed by atoms with Gasteiger partial charge in [0.15, 0.2) is 0 Å². The fourth-order valence-corrected chi connectivity index (χ4v) is 0. The monoisotopic (exact) mass is 55.0 g/mol. The predicted molar refractivity (Wildman–Crippen MR) is 12.1 cm³/mol. The van der Waals surface area contributed by atoms with Crippen molar-refractivity contribution in [1.29, 1.82) is 0 Å². The summed E-state index contributed by atoms with van der Waals surface area (Å²) in [6, 6.07) is 0. The molecule has 2 radical (unpaired) electrons. The average Bonchev–Trinajstić information content (AvgIpc) is 1.37. The molecule has 0 aromatic carbocycles. The standard InChI is InChI=1S/C2HNO/c1-2-4-3/h1H. The van der Waals surface area contributed by atoms with Crippen molar-refractivity contribution in [2.24, 2.45) is 0 Å². The lowest BCUT2D eigenvalue weighted by Gasteiger charge is -1.57. The van der Waals surface area contributed by atoms with Crippen LogP contribution in [-0.2, 0) is 4.84 Å². The van der Waals surface area contributed by atoms with Crippen LogP contribution in [-0.4, -0.2) is 0 Å². The summed E-state index contributed by atoms with van der Waals surface area (Å²) in [5.41, 5.74) is 0. The quantitative estimate of drug-likeness (QED) is 0.273. The first kappa shape index (κ1) is 3.32. The van der Waals surface area contributed by atoms with Crippen LogP contribution in [0.15, 0.2) is 0 Å². The smallest absolute Gasteiger partial charge is 0.138 e. The van der Waals surface area contributed by atoms with E-state index in [4.69, 9.17) is 5.90 Å². The predicted octanol–water partition coefficient (Wildman–Crippen LogP) is -0.423. The molecular weight excluding hydrogens is 54.0 g/mol. The Kier molecular flexibility index (Phi) is 1.93. The van der Waals surface area contributed by atoms with Crippen LogP contribution >= 0.6 is 0 Å². The highest BCUT2D eigenvalue weighted by atomic mass is 16.6. The maximum absolute atomic E-state index is 7.14. The van der Waals surface area contributed by atoms with E-state index < -0.39 is 0 Å². The van der Waals surface area contributed by atoms with Crippen LogP contribution < -0.4 is 5.90 Å². The average molecular weight is 55.0 g/mol. The number of rotatable bonds is 0. The highest BCUT2D eigenvalue weighted by molar-refractivity contribution is 4.65. The maximum Gasteiger partial charge on any atom is 0.138 e. The molecule has 0 spiro atoms. The van der Waals surface area contributed by atoms with Crippen molar-refractivity contribution in [3.05, 3.63) is 0 Å². The molecule has 0 aliphatic carbocycles. The third-order valence-electron chi connectivity index (χ3n) is 0.0527. The number of hydrogen-bond donors (Lipinski definition) is 0. The third kappa shape index (κ3) is 1.32. The minimum absolute atomic E-state index is 1.49. The van der Waals surface area contributed by atoms with Gasteiger partial charge in [0.1, 0.15) is 12.0 Å². The van der Waals surface area contributed by atoms with E-state index in [0.717, 1.165) is 0 Å². The van der Waals surface area contributed by atoms with Crippen LogP contribution in [0.2, 0.25) is 0 Å². The van der Waals surface area contributed by atoms with Crippen molar-refractivity contribution in [3.63, 3.8) is 0 Å². The zero-order chi connectivity index (χ0) is 3.41. The second kappa shape index (κ2) is 2.32. The van der Waals surface area contributed by atoms with Crippen molar-refractivity contribution in [1.82, 2.24) is 5.90 Å². The van der Waals surface area contributed by atoms with Gasteiger partial charge in [-0.2, -0.15) is 0 Å². The van der Waals surface area contributed by atoms with E-state index in [2.05, 4.69) is 11.3 Å². The van der Waals surface area contributed by atoms with Gasteiger partial charge in [0.05, 0.1) is 0 Å². The largest absolute Gasteiger partial charge is 0.314 e. The van der Waals surface area contributed by atoms with Crippen molar-refractivity contribution in [3.8, 4) is 12.5 Å². The van der Waals surface area contributed by atoms with Gasteiger partial charge in [-0.25, -0.2) is 0 Å². The molecule has 20 valence electrons. The molecule has 4 heavy (non-hydrogen) atoms. The van der Waals surface area contributed by atoms with Gasteiger partial charge < -0.3 is 4.84 Å². The van der Waals surface area contributed by atoms with E-state index >= 15 is 0 Å². The van der Waals surface area contributed by atoms with Gasteiger partial charge >= 0.3 is 0 Å². The molecule has 0 bridgehead atoms. The second-order valence-electron chi connectivity index (χ2n) is 0.209. The molecule has 2 nitrogen and oxygen atoms in total. The summed E-state index contributed by atoms with van der Waals surface area (Å²) in [7, 11) is 0. The van der Waals surface area contributed by atoms with Gasteiger partial charge in [0.25, 0.3) is 0 Å². The number of hydrogen-bond acceptors (Lipinski definition) is 1. The fraction of sp³-hybridized carbons (Fsp3) is 0. The molecular formula is C2HNO. The summed E-state index contributed by atoms with van der Waals surface area (Å²) >= 11 is 0. The van der Waals surface area contributed by atoms with Crippen LogP contribution in [0, 0.1) is 12.5 Å². The Morgan fingerprint density at radius 3 is 2.25 bits per heavy atom. The lowest BCUT2D eigenvalue weighted by Crippen LogP contribution is -1.63. The van der Waals surface area contributed by atoms with Crippen LogP contribution in [0.3, 0.4) is 0 Å². The van der Waals surface area contributed by atoms with Crippen molar-refractivity contribution < 1.29 is 4.84 Å². The Morgan fingerprint density at radius 2 is 2.25 bits per heavy atom. The number of terminal acetylenes is 1. The molecule has 0 heterocycles. The molecule has 0 N–H and O–H groups in total. The Morgan fingerprint density at radius 1 is 2.00 bits per heavy atom. The Bertz CT molecular complexity index is 35.8. The van der Waals surface area contributed by atoms with Crippen molar-refractivity contribution in [2.75, 3.05) is 0 Å². The van der Waals surface area contributed by atoms with E-state index in [0.29, 0.717) is 0 Å². The molecule has 0 atom stereocenters. The second-order valence-corrected chi connectivity index (χ2v) is 0.209. The molecule has 0 saturated heterocycles. The van der Waals surface area contributed by atoms with Crippen LogP contribution in [0.5, 0.6) is 0 Å². The summed E-state index contributed by atoms with van der Waals surface area (Å²) in [6.07, 6.45) is 5.79. The van der Waals surface area contributed by atoms with Crippen LogP contribution in [0.4, 0.5) is 0 Å². The van der Waals surface area contributed by atoms with Gasteiger partial charge in [-0.15, -0.1) is 0 Å². The van der Waals surface area contributed by atoms with Gasteiger partial charge in [0, 0.05) is 0 Å². The molecule has 0 aliphatic heterocycles. The molecule has 0 fully saturated rings. The summed E-state index contributed by atoms with van der Waals surface area (Å²) in [4.78, 5) is 3.07. The fourth-order valence-electron chi connectivity index (χ4n) is 0. The van der Waals surface area contributed by atoms with E-state index in [1.54, 1.807) is 0 Å². The highest BCUT2D eigenvalue weighted by Gasteiger charge is 1.41. The van der Waals surface area contributed by atoms with E-state index in [9.17, 15) is 0 Å². The Hall–Kier alpha value is -0.680. The van der Waals surface area contributed by atoms with Gasteiger partial charge in [-0.3, -0.25) is 0 Å². The Balaban J connectivity index is 2.43. The molecule has 0 unspecified atom stereocenters. The van der Waals surface area contributed by atoms with Gasteiger partial charge in [-0.1, -0.05) is 6.42 Å². The zero-order valence-corrected chi connectivity index (χ0v) is 1.93. The summed E-state index contributed by atoms with van der Waals surface area (Å²) in [5, 5.41) is 0. The Labute approximate surface area is 24.5 Å². The SMILES string of the molecule is C#CO[N]. The molecule has 0 aliphatic rings. The maximum atomic E-state index is 7.14. The molecule has 0 aromatic heterocycles. The summed E-state index contributed by atoms with van der Waals surface area (Å²) < 4.78 is 0. The van der Waals surface area contributed by atoms with Crippen LogP contribution in [0.25, 0.3) is 0 Å². The third-order valence-corrected chi connectivity index (χ3v) is 0.0527. The minimum Gasteiger partial charge on any atom is -0.314 e. The topological polar surface area (TPSA) is 31.5 Å². The summed E-state index contributed by atoms with van der Waals surface area (Å²) in [6.45, 7) is 0. The van der Waals surface area contributed by atoms with Gasteiger partial charge in [0.2, 0.25) is 0 Å². The first-order valence-corrected chi connectivity index (χ1v) is 0.675. The molecule has 0 amide bonds. The highest BCUT2D eigenvalue weighted by Crippen LogP contribution is 1.37. The lowest BCUT2D eigenvalue weighted by atomic mass is 11.3. The van der Waals surface area contributed by atoms with Crippen LogP contribution in [0.1, 0.15) is 0 Å². The van der Waals surface area contributed by atoms with E-state index in [1.165, 1.54) is 6.11 Å². The van der Waals surface area contributed by atoms with E-state index in [1.807, 2.05) is 0 Å². The lowest BCUT2D eigenvalue weighted by molar-refractivity contribution is 0.267. The summed E-state index contributed by atoms with van der Waals surface area (Å²) in [5.74, 6) is 7.14. The zero-order valence-electron chi connectivity index (χ0n) is 1.93. The van der Waals surface area contributed by atoms with Crippen molar-refractivity contribution in [2.45, 2.75) is 0 Å². The molecule has 0 rings (SSSR count). The normalized spacial score (nSPS) is 4.00. The minimum atomic E-state index is 1.49. The van der Waals surface area contributed by atoms with Crippen molar-refractivity contribution >= 4 is 0 Å².